The summed E-state index contributed by atoms with van der Waals surface area (Å²) in [5, 5.41) is 7.89. The van der Waals surface area contributed by atoms with Gasteiger partial charge in [-0.1, -0.05) is 49.2 Å². The number of thiazole rings is 1. The van der Waals surface area contributed by atoms with Crippen LogP contribution in [0.3, 0.4) is 0 Å². The lowest BCUT2D eigenvalue weighted by Crippen LogP contribution is -2.13. The largest absolute Gasteiger partial charge is 0.298 e. The Kier molecular flexibility index (Phi) is 5.44. The average molecular weight is 389 g/mol. The molecule has 0 atom stereocenters. The second kappa shape index (κ2) is 7.60. The predicted octanol–water partition coefficient (Wildman–Crippen LogP) is 5.02. The van der Waals surface area contributed by atoms with Crippen LogP contribution in [0.25, 0.3) is 11.3 Å². The van der Waals surface area contributed by atoms with Crippen LogP contribution in [-0.2, 0) is 13.5 Å². The van der Waals surface area contributed by atoms with E-state index in [-0.39, 0.29) is 5.91 Å². The van der Waals surface area contributed by atoms with Crippen LogP contribution in [-0.4, -0.2) is 20.7 Å². The third-order valence-corrected chi connectivity index (χ3v) is 5.48. The lowest BCUT2D eigenvalue weighted by molar-refractivity contribution is 0.102. The standard InChI is InChI=1S/C19H21ClN4OS/c1-5-6-13-7-9-14(10-8-13)16-12(3)26-19(21-16)22-18(25)15-11(2)23-24(4)17(15)20/h7-10H,5-6H2,1-4H3,(H,21,22,25). The Morgan fingerprint density at radius 3 is 2.54 bits per heavy atom. The first-order valence-electron chi connectivity index (χ1n) is 8.48. The summed E-state index contributed by atoms with van der Waals surface area (Å²) in [5.41, 5.74) is 4.24. The maximum absolute atomic E-state index is 12.6. The molecule has 0 saturated carbocycles. The number of benzene rings is 1. The van der Waals surface area contributed by atoms with Gasteiger partial charge in [-0.2, -0.15) is 5.10 Å². The van der Waals surface area contributed by atoms with Crippen LogP contribution in [0.15, 0.2) is 24.3 Å². The molecule has 136 valence electrons. The van der Waals surface area contributed by atoms with Gasteiger partial charge in [0.25, 0.3) is 5.91 Å². The number of hydrogen-bond donors (Lipinski definition) is 1. The number of nitrogens with one attached hydrogen (secondary N) is 1. The molecular weight excluding hydrogens is 368 g/mol. The molecule has 0 bridgehead atoms. The van der Waals surface area contributed by atoms with E-state index in [2.05, 4.69) is 46.6 Å². The van der Waals surface area contributed by atoms with Crippen LogP contribution >= 0.6 is 22.9 Å². The first-order valence-corrected chi connectivity index (χ1v) is 9.67. The van der Waals surface area contributed by atoms with Crippen LogP contribution in [0.4, 0.5) is 5.13 Å². The van der Waals surface area contributed by atoms with E-state index in [1.807, 2.05) is 6.92 Å². The molecule has 1 amide bonds. The molecule has 0 unspecified atom stereocenters. The Morgan fingerprint density at radius 2 is 1.96 bits per heavy atom. The fourth-order valence-corrected chi connectivity index (χ4v) is 3.97. The molecule has 0 saturated heterocycles. The molecule has 0 radical (unpaired) electrons. The third kappa shape index (κ3) is 3.66. The van der Waals surface area contributed by atoms with Crippen molar-refractivity contribution in [2.45, 2.75) is 33.6 Å². The molecule has 0 aliphatic heterocycles. The lowest BCUT2D eigenvalue weighted by atomic mass is 10.1. The molecule has 1 N–H and O–H groups in total. The number of carbonyl (C=O) groups excluding carboxylic acids is 1. The molecular formula is C19H21ClN4OS. The van der Waals surface area contributed by atoms with Gasteiger partial charge in [-0.3, -0.25) is 14.8 Å². The highest BCUT2D eigenvalue weighted by atomic mass is 35.5. The zero-order valence-electron chi connectivity index (χ0n) is 15.3. The molecule has 0 aliphatic rings. The van der Waals surface area contributed by atoms with Gasteiger partial charge >= 0.3 is 0 Å². The minimum absolute atomic E-state index is 0.292. The highest BCUT2D eigenvalue weighted by molar-refractivity contribution is 7.16. The monoisotopic (exact) mass is 388 g/mol. The SMILES string of the molecule is CCCc1ccc(-c2nc(NC(=O)c3c(C)nn(C)c3Cl)sc2C)cc1. The van der Waals surface area contributed by atoms with E-state index in [0.29, 0.717) is 21.5 Å². The third-order valence-electron chi connectivity index (χ3n) is 4.16. The quantitative estimate of drug-likeness (QED) is 0.667. The Morgan fingerprint density at radius 1 is 1.27 bits per heavy atom. The molecule has 3 rings (SSSR count). The number of anilines is 1. The van der Waals surface area contributed by atoms with Gasteiger partial charge in [-0.05, 0) is 25.8 Å². The molecule has 0 fully saturated rings. The van der Waals surface area contributed by atoms with E-state index in [1.54, 1.807) is 14.0 Å². The van der Waals surface area contributed by atoms with Gasteiger partial charge in [0, 0.05) is 17.5 Å². The van der Waals surface area contributed by atoms with Crippen molar-refractivity contribution >= 4 is 34.0 Å². The number of aromatic nitrogens is 3. The van der Waals surface area contributed by atoms with Gasteiger partial charge in [-0.25, -0.2) is 4.98 Å². The fourth-order valence-electron chi connectivity index (χ4n) is 2.88. The molecule has 2 heterocycles. The van der Waals surface area contributed by atoms with E-state index in [0.717, 1.165) is 29.0 Å². The lowest BCUT2D eigenvalue weighted by Gasteiger charge is -2.02. The van der Waals surface area contributed by atoms with Crippen LogP contribution < -0.4 is 5.32 Å². The zero-order valence-corrected chi connectivity index (χ0v) is 16.8. The van der Waals surface area contributed by atoms with E-state index in [9.17, 15) is 4.79 Å². The van der Waals surface area contributed by atoms with E-state index in [4.69, 9.17) is 11.6 Å². The summed E-state index contributed by atoms with van der Waals surface area (Å²) in [5.74, 6) is -0.292. The summed E-state index contributed by atoms with van der Waals surface area (Å²) in [4.78, 5) is 18.2. The van der Waals surface area contributed by atoms with Crippen molar-refractivity contribution in [3.8, 4) is 11.3 Å². The van der Waals surface area contributed by atoms with Crippen molar-refractivity contribution < 1.29 is 4.79 Å². The molecule has 26 heavy (non-hydrogen) atoms. The number of hydrogen-bond acceptors (Lipinski definition) is 4. The van der Waals surface area contributed by atoms with E-state index in [1.165, 1.54) is 21.6 Å². The van der Waals surface area contributed by atoms with Gasteiger partial charge in [0.15, 0.2) is 5.13 Å². The number of rotatable bonds is 5. The molecule has 0 spiro atoms. The van der Waals surface area contributed by atoms with Gasteiger partial charge in [0.2, 0.25) is 0 Å². The van der Waals surface area contributed by atoms with Crippen LogP contribution in [0, 0.1) is 13.8 Å². The van der Waals surface area contributed by atoms with Crippen molar-refractivity contribution in [1.29, 1.82) is 0 Å². The molecule has 0 aliphatic carbocycles. The number of nitrogens with zero attached hydrogens (tertiary/aromatic N) is 3. The second-order valence-corrected chi connectivity index (χ2v) is 7.76. The topological polar surface area (TPSA) is 59.8 Å². The van der Waals surface area contributed by atoms with Crippen LogP contribution in [0.2, 0.25) is 5.15 Å². The molecule has 7 heteroatoms. The van der Waals surface area contributed by atoms with Crippen molar-refractivity contribution in [3.05, 3.63) is 51.1 Å². The highest BCUT2D eigenvalue weighted by Gasteiger charge is 2.20. The van der Waals surface area contributed by atoms with E-state index < -0.39 is 0 Å². The minimum atomic E-state index is -0.292. The Balaban J connectivity index is 1.83. The van der Waals surface area contributed by atoms with Gasteiger partial charge < -0.3 is 0 Å². The molecule has 3 aromatic rings. The number of amides is 1. The van der Waals surface area contributed by atoms with Gasteiger partial charge in [-0.15, -0.1) is 11.3 Å². The Hall–Kier alpha value is -2.18. The molecule has 5 nitrogen and oxygen atoms in total. The van der Waals surface area contributed by atoms with Crippen molar-refractivity contribution in [3.63, 3.8) is 0 Å². The summed E-state index contributed by atoms with van der Waals surface area (Å²) in [6, 6.07) is 8.44. The molecule has 1 aromatic carbocycles. The summed E-state index contributed by atoms with van der Waals surface area (Å²) in [7, 11) is 1.71. The minimum Gasteiger partial charge on any atom is -0.298 e. The first kappa shape index (κ1) is 18.6. The van der Waals surface area contributed by atoms with Crippen molar-refractivity contribution in [1.82, 2.24) is 14.8 Å². The first-order chi connectivity index (χ1) is 12.4. The second-order valence-electron chi connectivity index (χ2n) is 6.20. The van der Waals surface area contributed by atoms with E-state index >= 15 is 0 Å². The number of carbonyl (C=O) groups is 1. The van der Waals surface area contributed by atoms with Gasteiger partial charge in [0.05, 0.1) is 17.0 Å². The summed E-state index contributed by atoms with van der Waals surface area (Å²) >= 11 is 7.62. The average Bonchev–Trinajstić information content (AvgIpc) is 3.07. The number of aryl methyl sites for hydroxylation is 4. The molecule has 2 aromatic heterocycles. The van der Waals surface area contributed by atoms with Crippen molar-refractivity contribution in [2.24, 2.45) is 7.05 Å². The highest BCUT2D eigenvalue weighted by Crippen LogP contribution is 2.31. The smallest absolute Gasteiger partial charge is 0.262 e. The number of halogens is 1. The van der Waals surface area contributed by atoms with Crippen LogP contribution in [0.1, 0.15) is 39.8 Å². The Bertz CT molecular complexity index is 943. The van der Waals surface area contributed by atoms with Crippen LogP contribution in [0.5, 0.6) is 0 Å². The zero-order chi connectivity index (χ0) is 18.8. The summed E-state index contributed by atoms with van der Waals surface area (Å²) in [6.07, 6.45) is 2.20. The fraction of sp³-hybridized carbons (Fsp3) is 0.316. The van der Waals surface area contributed by atoms with Gasteiger partial charge in [0.1, 0.15) is 5.15 Å². The summed E-state index contributed by atoms with van der Waals surface area (Å²) < 4.78 is 1.49. The normalized spacial score (nSPS) is 11.0. The predicted molar refractivity (Wildman–Crippen MR) is 107 cm³/mol. The summed E-state index contributed by atoms with van der Waals surface area (Å²) in [6.45, 7) is 5.94. The maximum Gasteiger partial charge on any atom is 0.262 e. The Labute approximate surface area is 162 Å². The van der Waals surface area contributed by atoms with Crippen molar-refractivity contribution in [2.75, 3.05) is 5.32 Å². The maximum atomic E-state index is 12.6.